The van der Waals surface area contributed by atoms with E-state index in [0.29, 0.717) is 0 Å². The molecule has 0 aliphatic heterocycles. The number of ether oxygens (including phenoxy) is 1. The first-order valence-corrected chi connectivity index (χ1v) is 4.31. The van der Waals surface area contributed by atoms with Crippen LogP contribution in [0, 0.1) is 40.5 Å². The van der Waals surface area contributed by atoms with Crippen LogP contribution in [0.1, 0.15) is 6.92 Å². The summed E-state index contributed by atoms with van der Waals surface area (Å²) in [5, 5.41) is 41.4. The molecule has 0 amide bonds. The molecule has 0 fully saturated rings. The maximum atomic E-state index is 10.4. The first-order valence-electron chi connectivity index (χ1n) is 4.31. The predicted molar refractivity (Wildman–Crippen MR) is 51.0 cm³/mol. The molecular formula is C5H8N4O9. The van der Waals surface area contributed by atoms with Crippen LogP contribution >= 0.6 is 0 Å². The van der Waals surface area contributed by atoms with Crippen molar-refractivity contribution in [3.63, 3.8) is 0 Å². The van der Waals surface area contributed by atoms with E-state index in [1.807, 2.05) is 0 Å². The first kappa shape index (κ1) is 15.6. The van der Waals surface area contributed by atoms with Crippen molar-refractivity contribution >= 4 is 0 Å². The maximum absolute atomic E-state index is 10.4. The maximum Gasteiger partial charge on any atom is 0.723 e. The van der Waals surface area contributed by atoms with Crippen LogP contribution in [0.4, 0.5) is 0 Å². The summed E-state index contributed by atoms with van der Waals surface area (Å²) in [4.78, 5) is 35.5. The van der Waals surface area contributed by atoms with Gasteiger partial charge in [-0.1, -0.05) is 0 Å². The number of nitrogens with zero attached hydrogens (tertiary/aromatic N) is 4. The molecule has 0 radical (unpaired) electrons. The van der Waals surface area contributed by atoms with Gasteiger partial charge in [0.2, 0.25) is 6.04 Å². The third-order valence-electron chi connectivity index (χ3n) is 1.89. The highest BCUT2D eigenvalue weighted by atomic mass is 16.7. The van der Waals surface area contributed by atoms with Gasteiger partial charge in [0.05, 0.1) is 0 Å². The Labute approximate surface area is 97.9 Å². The van der Waals surface area contributed by atoms with Gasteiger partial charge in [0.25, 0.3) is 6.61 Å². The van der Waals surface area contributed by atoms with Crippen molar-refractivity contribution in [3.05, 3.63) is 40.5 Å². The van der Waals surface area contributed by atoms with E-state index in [0.717, 1.165) is 6.92 Å². The Kier molecular flexibility index (Phi) is 4.98. The molecule has 0 aliphatic rings. The van der Waals surface area contributed by atoms with Gasteiger partial charge in [-0.05, 0) is 0 Å². The van der Waals surface area contributed by atoms with E-state index in [9.17, 15) is 40.5 Å². The van der Waals surface area contributed by atoms with E-state index >= 15 is 0 Å². The van der Waals surface area contributed by atoms with Crippen LogP contribution < -0.4 is 0 Å². The number of hydrogen-bond donors (Lipinski definition) is 0. The van der Waals surface area contributed by atoms with Crippen LogP contribution in [0.15, 0.2) is 0 Å². The van der Waals surface area contributed by atoms with Crippen molar-refractivity contribution in [2.24, 2.45) is 0 Å². The molecule has 0 rings (SSSR count). The Morgan fingerprint density at radius 2 is 1.39 bits per heavy atom. The molecule has 1 atom stereocenters. The molecule has 0 aliphatic carbocycles. The van der Waals surface area contributed by atoms with E-state index < -0.39 is 44.7 Å². The third-order valence-corrected chi connectivity index (χ3v) is 1.89. The molecule has 0 saturated carbocycles. The van der Waals surface area contributed by atoms with E-state index in [4.69, 9.17) is 0 Å². The Morgan fingerprint density at radius 3 is 1.67 bits per heavy atom. The highest BCUT2D eigenvalue weighted by Gasteiger charge is 2.71. The monoisotopic (exact) mass is 268 g/mol. The summed E-state index contributed by atoms with van der Waals surface area (Å²) in [5.74, 6) is -3.75. The quantitative estimate of drug-likeness (QED) is 0.307. The molecule has 102 valence electrons. The largest absolute Gasteiger partial charge is 0.723 e. The number of nitro groups is 4. The molecule has 0 saturated heterocycles. The van der Waals surface area contributed by atoms with Gasteiger partial charge in [-0.3, -0.25) is 40.5 Å². The van der Waals surface area contributed by atoms with Gasteiger partial charge in [0.15, 0.2) is 14.8 Å². The fourth-order valence-corrected chi connectivity index (χ4v) is 0.785. The van der Waals surface area contributed by atoms with Gasteiger partial charge in [-0.15, -0.1) is 0 Å². The molecule has 0 heterocycles. The van der Waals surface area contributed by atoms with E-state index in [1.54, 1.807) is 0 Å². The minimum Gasteiger partial charge on any atom is -0.353 e. The van der Waals surface area contributed by atoms with Gasteiger partial charge >= 0.3 is 5.79 Å². The average molecular weight is 268 g/mol. The summed E-state index contributed by atoms with van der Waals surface area (Å²) in [7, 11) is 0. The number of rotatable bonds is 8. The minimum absolute atomic E-state index is 0.718. The lowest BCUT2D eigenvalue weighted by Crippen LogP contribution is -2.57. The average Bonchev–Trinajstić information content (AvgIpc) is 2.21. The summed E-state index contributed by atoms with van der Waals surface area (Å²) in [6.45, 7) is -1.14. The Balaban J connectivity index is 4.83. The summed E-state index contributed by atoms with van der Waals surface area (Å²) in [5.41, 5.74) is 0. The second kappa shape index (κ2) is 5.76. The van der Waals surface area contributed by atoms with Crippen molar-refractivity contribution < 1.29 is 24.4 Å². The van der Waals surface area contributed by atoms with Gasteiger partial charge in [-0.25, -0.2) is 0 Å². The lowest BCUT2D eigenvalue weighted by molar-refractivity contribution is -0.970. The highest BCUT2D eigenvalue weighted by molar-refractivity contribution is 4.53. The molecule has 0 aromatic heterocycles. The fraction of sp³-hybridized carbons (Fsp3) is 1.00. The van der Waals surface area contributed by atoms with Crippen molar-refractivity contribution in [1.82, 2.24) is 0 Å². The summed E-state index contributed by atoms with van der Waals surface area (Å²) in [6.07, 6.45) is 0. The molecule has 1 unspecified atom stereocenters. The van der Waals surface area contributed by atoms with Gasteiger partial charge in [0.1, 0.15) is 6.61 Å². The zero-order valence-electron chi connectivity index (χ0n) is 8.95. The number of hydrogen-bond acceptors (Lipinski definition) is 9. The summed E-state index contributed by atoms with van der Waals surface area (Å²) in [6, 6.07) is -1.30. The Bertz CT molecular complexity index is 345. The zero-order chi connectivity index (χ0) is 14.5. The lowest BCUT2D eigenvalue weighted by atomic mass is 10.4. The Hall–Kier alpha value is -2.44. The van der Waals surface area contributed by atoms with Crippen LogP contribution in [0.3, 0.4) is 0 Å². The molecule has 13 nitrogen and oxygen atoms in total. The van der Waals surface area contributed by atoms with Gasteiger partial charge in [-0.2, -0.15) is 0 Å². The second-order valence-corrected chi connectivity index (χ2v) is 3.20. The molecule has 0 bridgehead atoms. The van der Waals surface area contributed by atoms with Crippen molar-refractivity contribution in [2.75, 3.05) is 13.2 Å². The molecule has 0 aromatic rings. The van der Waals surface area contributed by atoms with Crippen LogP contribution in [-0.2, 0) is 4.74 Å². The molecular weight excluding hydrogens is 260 g/mol. The van der Waals surface area contributed by atoms with Crippen LogP contribution in [0.5, 0.6) is 0 Å². The first-order chi connectivity index (χ1) is 8.16. The van der Waals surface area contributed by atoms with E-state index in [2.05, 4.69) is 4.74 Å². The van der Waals surface area contributed by atoms with Crippen LogP contribution in [-0.4, -0.2) is 44.7 Å². The zero-order valence-corrected chi connectivity index (χ0v) is 8.95. The standard InChI is InChI=1S/C5H8N4O9/c1-4(6(10)11)2-18-3-5(7(12)13,8(14)15)9(16)17/h4H,2-3H2,1H3. The SMILES string of the molecule is CC(COCC([N+](=O)[O-])([N+](=O)[O-])[N+](=O)[O-])[N+](=O)[O-]. The molecule has 0 N–H and O–H groups in total. The van der Waals surface area contributed by atoms with Gasteiger partial charge < -0.3 is 4.74 Å². The third kappa shape index (κ3) is 3.03. The molecule has 0 aromatic carbocycles. The minimum atomic E-state index is -3.75. The fourth-order valence-electron chi connectivity index (χ4n) is 0.785. The topological polar surface area (TPSA) is 182 Å². The van der Waals surface area contributed by atoms with Gasteiger partial charge in [0, 0.05) is 11.8 Å². The van der Waals surface area contributed by atoms with E-state index in [-0.39, 0.29) is 0 Å². The Morgan fingerprint density at radius 1 is 1.00 bits per heavy atom. The molecule has 18 heavy (non-hydrogen) atoms. The van der Waals surface area contributed by atoms with Crippen LogP contribution in [0.25, 0.3) is 0 Å². The van der Waals surface area contributed by atoms with Crippen molar-refractivity contribution in [2.45, 2.75) is 18.8 Å². The summed E-state index contributed by atoms with van der Waals surface area (Å²) >= 11 is 0. The van der Waals surface area contributed by atoms with Crippen molar-refractivity contribution in [1.29, 1.82) is 0 Å². The molecule has 0 spiro atoms. The smallest absolute Gasteiger partial charge is 0.353 e. The second-order valence-electron chi connectivity index (χ2n) is 3.20. The van der Waals surface area contributed by atoms with E-state index in [1.165, 1.54) is 0 Å². The summed E-state index contributed by atoms with van der Waals surface area (Å²) < 4.78 is 4.34. The van der Waals surface area contributed by atoms with Crippen LogP contribution in [0.2, 0.25) is 0 Å². The highest BCUT2D eigenvalue weighted by Crippen LogP contribution is 2.13. The predicted octanol–water partition coefficient (Wildman–Crippen LogP) is -0.848. The lowest BCUT2D eigenvalue weighted by Gasteiger charge is -2.09. The normalized spacial score (nSPS) is 12.7. The van der Waals surface area contributed by atoms with Crippen molar-refractivity contribution in [3.8, 4) is 0 Å². The molecule has 13 heteroatoms.